The molecule has 0 aliphatic heterocycles. The largest absolute Gasteiger partial charge is 0.493 e. The van der Waals surface area contributed by atoms with Crippen molar-refractivity contribution in [3.63, 3.8) is 0 Å². The molecular weight excluding hydrogens is 440 g/mol. The molecule has 1 unspecified atom stereocenters. The highest BCUT2D eigenvalue weighted by Gasteiger charge is 2.59. The first-order valence-corrected chi connectivity index (χ1v) is 12.0. The molecule has 0 amide bonds. The Morgan fingerprint density at radius 1 is 1.15 bits per heavy atom. The molecule has 0 saturated heterocycles. The van der Waals surface area contributed by atoms with E-state index in [1.165, 1.54) is 20.2 Å². The van der Waals surface area contributed by atoms with E-state index in [2.05, 4.69) is 4.98 Å². The van der Waals surface area contributed by atoms with E-state index in [4.69, 9.17) is 9.47 Å². The van der Waals surface area contributed by atoms with Gasteiger partial charge in [0.05, 0.1) is 19.9 Å². The van der Waals surface area contributed by atoms with Crippen LogP contribution in [0.25, 0.3) is 0 Å². The smallest absolute Gasteiger partial charge is 0.342 e. The van der Waals surface area contributed by atoms with Crippen LogP contribution < -0.4 is 9.47 Å². The third kappa shape index (κ3) is 4.62. The lowest BCUT2D eigenvalue weighted by atomic mass is 9.67. The van der Waals surface area contributed by atoms with Crippen molar-refractivity contribution >= 4 is 5.97 Å². The zero-order chi connectivity index (χ0) is 24.5. The van der Waals surface area contributed by atoms with Gasteiger partial charge < -0.3 is 14.6 Å². The number of aromatic nitrogens is 1. The molecule has 2 atom stereocenters. The molecule has 7 heteroatoms. The monoisotopic (exact) mass is 473 g/mol. The number of methoxy groups -OCH3 is 1. The predicted octanol–water partition coefficient (Wildman–Crippen LogP) is 6.06. The van der Waals surface area contributed by atoms with Gasteiger partial charge in [-0.25, -0.2) is 18.6 Å². The molecule has 1 aromatic carbocycles. The van der Waals surface area contributed by atoms with Crippen molar-refractivity contribution in [2.45, 2.75) is 69.4 Å². The second kappa shape index (κ2) is 9.51. The third-order valence-corrected chi connectivity index (χ3v) is 8.05. The number of hydrogen-bond donors (Lipinski definition) is 1. The number of carbonyl (C=O) groups is 1. The lowest BCUT2D eigenvalue weighted by Gasteiger charge is -2.39. The highest BCUT2D eigenvalue weighted by Crippen LogP contribution is 2.55. The summed E-state index contributed by atoms with van der Waals surface area (Å²) in [6.45, 7) is 3.40. The molecule has 2 aliphatic rings. The second-order valence-electron chi connectivity index (χ2n) is 10.1. The van der Waals surface area contributed by atoms with Gasteiger partial charge in [0, 0.05) is 11.5 Å². The Morgan fingerprint density at radius 3 is 2.47 bits per heavy atom. The Bertz CT molecular complexity index is 1030. The molecule has 2 aromatic rings. The van der Waals surface area contributed by atoms with Crippen molar-refractivity contribution in [2.75, 3.05) is 13.7 Å². The van der Waals surface area contributed by atoms with Gasteiger partial charge in [-0.1, -0.05) is 19.1 Å². The first-order chi connectivity index (χ1) is 16.2. The summed E-state index contributed by atoms with van der Waals surface area (Å²) < 4.78 is 40.9. The number of pyridine rings is 1. The molecule has 1 heterocycles. The SMILES string of the molecule is COc1cc([C@H]2CC[C@H](COc3cccc(C(C)(C4CC4)[C@](C)(F)C(=O)O)c3)CC2)c(F)cn1. The standard InChI is InChI=1S/C27H33F2NO4/c1-26(19-11-12-19,27(2,29)25(31)32)20-5-4-6-21(13-20)34-16-17-7-9-18(10-8-17)22-14-24(33-3)30-15-23(22)28/h4-6,13-15,17-19H,7-12,16H2,1-3H3,(H,31,32)/t17-,18-,26?,27-/m1/s1. The minimum atomic E-state index is -2.38. The van der Waals surface area contributed by atoms with E-state index in [1.54, 1.807) is 31.2 Å². The molecular formula is C27H33F2NO4. The molecule has 4 rings (SSSR count). The molecule has 2 fully saturated rings. The number of carboxylic acid groups (broad SMARTS) is 1. The van der Waals surface area contributed by atoms with Crippen LogP contribution in [0, 0.1) is 17.7 Å². The summed E-state index contributed by atoms with van der Waals surface area (Å²) >= 11 is 0. The average Bonchev–Trinajstić information content (AvgIpc) is 3.69. The van der Waals surface area contributed by atoms with Crippen molar-refractivity contribution in [2.24, 2.45) is 11.8 Å². The van der Waals surface area contributed by atoms with Crippen molar-refractivity contribution in [3.8, 4) is 11.6 Å². The quantitative estimate of drug-likeness (QED) is 0.479. The van der Waals surface area contributed by atoms with Gasteiger partial charge in [0.1, 0.15) is 11.6 Å². The van der Waals surface area contributed by atoms with E-state index >= 15 is 4.39 Å². The van der Waals surface area contributed by atoms with Crippen molar-refractivity contribution in [3.05, 3.63) is 53.5 Å². The zero-order valence-corrected chi connectivity index (χ0v) is 20.0. The van der Waals surface area contributed by atoms with Crippen LogP contribution in [0.5, 0.6) is 11.6 Å². The van der Waals surface area contributed by atoms with Gasteiger partial charge in [-0.15, -0.1) is 0 Å². The van der Waals surface area contributed by atoms with E-state index in [9.17, 15) is 14.3 Å². The van der Waals surface area contributed by atoms with E-state index in [0.29, 0.717) is 35.3 Å². The Balaban J connectivity index is 1.39. The third-order valence-electron chi connectivity index (χ3n) is 8.05. The highest BCUT2D eigenvalue weighted by atomic mass is 19.1. The Hall–Kier alpha value is -2.70. The summed E-state index contributed by atoms with van der Waals surface area (Å²) in [4.78, 5) is 15.7. The fourth-order valence-corrected chi connectivity index (χ4v) is 5.39. The van der Waals surface area contributed by atoms with Crippen LogP contribution in [0.2, 0.25) is 0 Å². The first kappa shape index (κ1) is 24.4. The van der Waals surface area contributed by atoms with E-state index < -0.39 is 17.1 Å². The molecule has 1 aromatic heterocycles. The maximum Gasteiger partial charge on any atom is 0.342 e. The number of alkyl halides is 1. The van der Waals surface area contributed by atoms with E-state index in [0.717, 1.165) is 38.5 Å². The van der Waals surface area contributed by atoms with Crippen LogP contribution in [0.15, 0.2) is 36.5 Å². The number of benzene rings is 1. The second-order valence-corrected chi connectivity index (χ2v) is 10.1. The van der Waals surface area contributed by atoms with Gasteiger partial charge in [-0.2, -0.15) is 0 Å². The van der Waals surface area contributed by atoms with Gasteiger partial charge in [-0.3, -0.25) is 0 Å². The minimum absolute atomic E-state index is 0.00339. The molecule has 2 aliphatic carbocycles. The highest BCUT2D eigenvalue weighted by molar-refractivity contribution is 5.80. The molecule has 184 valence electrons. The molecule has 1 N–H and O–H groups in total. The molecule has 5 nitrogen and oxygen atoms in total. The number of ether oxygens (including phenoxy) is 2. The van der Waals surface area contributed by atoms with Gasteiger partial charge in [0.2, 0.25) is 11.5 Å². The normalized spacial score (nSPS) is 24.0. The van der Waals surface area contributed by atoms with E-state index in [1.807, 2.05) is 6.07 Å². The Morgan fingerprint density at radius 2 is 1.85 bits per heavy atom. The summed E-state index contributed by atoms with van der Waals surface area (Å²) in [5.74, 6) is -0.215. The lowest BCUT2D eigenvalue weighted by Crippen LogP contribution is -2.51. The first-order valence-electron chi connectivity index (χ1n) is 12.0. The van der Waals surface area contributed by atoms with Crippen LogP contribution in [-0.4, -0.2) is 35.4 Å². The summed E-state index contributed by atoms with van der Waals surface area (Å²) in [6.07, 6.45) is 6.40. The fraction of sp³-hybridized carbons (Fsp3) is 0.556. The van der Waals surface area contributed by atoms with Crippen molar-refractivity contribution in [1.29, 1.82) is 0 Å². The Kier molecular flexibility index (Phi) is 6.83. The number of hydrogen-bond acceptors (Lipinski definition) is 4. The summed E-state index contributed by atoms with van der Waals surface area (Å²) in [5, 5.41) is 9.57. The number of halogens is 2. The van der Waals surface area contributed by atoms with Crippen LogP contribution in [0.3, 0.4) is 0 Å². The molecule has 34 heavy (non-hydrogen) atoms. The van der Waals surface area contributed by atoms with Gasteiger partial charge in [0.25, 0.3) is 0 Å². The minimum Gasteiger partial charge on any atom is -0.493 e. The van der Waals surface area contributed by atoms with Gasteiger partial charge in [-0.05, 0) is 86.5 Å². The topological polar surface area (TPSA) is 68.7 Å². The molecule has 0 bridgehead atoms. The zero-order valence-electron chi connectivity index (χ0n) is 20.0. The molecule has 0 spiro atoms. The average molecular weight is 474 g/mol. The molecule has 2 saturated carbocycles. The fourth-order valence-electron chi connectivity index (χ4n) is 5.39. The predicted molar refractivity (Wildman–Crippen MR) is 125 cm³/mol. The molecule has 0 radical (unpaired) electrons. The summed E-state index contributed by atoms with van der Waals surface area (Å²) in [5.41, 5.74) is -2.18. The lowest BCUT2D eigenvalue weighted by molar-refractivity contribution is -0.155. The Labute approximate surface area is 199 Å². The van der Waals surface area contributed by atoms with Gasteiger partial charge in [0.15, 0.2) is 0 Å². The van der Waals surface area contributed by atoms with Crippen molar-refractivity contribution in [1.82, 2.24) is 4.98 Å². The van der Waals surface area contributed by atoms with Crippen LogP contribution >= 0.6 is 0 Å². The number of aliphatic carboxylic acids is 1. The van der Waals surface area contributed by atoms with Crippen LogP contribution in [0.1, 0.15) is 69.4 Å². The maximum absolute atomic E-state index is 15.4. The van der Waals surface area contributed by atoms with Crippen LogP contribution in [0.4, 0.5) is 8.78 Å². The number of nitrogens with zero attached hydrogens (tertiary/aromatic N) is 1. The summed E-state index contributed by atoms with van der Waals surface area (Å²) in [7, 11) is 1.52. The maximum atomic E-state index is 15.4. The number of rotatable bonds is 9. The van der Waals surface area contributed by atoms with Gasteiger partial charge >= 0.3 is 5.97 Å². The summed E-state index contributed by atoms with van der Waals surface area (Å²) in [6, 6.07) is 8.92. The van der Waals surface area contributed by atoms with Crippen molar-refractivity contribution < 1.29 is 28.2 Å². The van der Waals surface area contributed by atoms with Crippen LogP contribution in [-0.2, 0) is 10.2 Å². The van der Waals surface area contributed by atoms with E-state index in [-0.39, 0.29) is 17.7 Å². The number of carboxylic acids is 1.